The van der Waals surface area contributed by atoms with Crippen LogP contribution in [0.15, 0.2) is 55.1 Å². The average Bonchev–Trinajstić information content (AvgIpc) is 2.29. The number of fused-ring (bicyclic) bond motifs is 1. The molecule has 0 radical (unpaired) electrons. The second kappa shape index (κ2) is 4.62. The zero-order valence-corrected chi connectivity index (χ0v) is 8.85. The van der Waals surface area contributed by atoms with Crippen molar-refractivity contribution in [2.45, 2.75) is 6.42 Å². The standard InChI is InChI=1S/C14H12O2/c1-2-5-14(15)16-13-9-8-11-6-3-4-7-12(11)10-13/h2-4,6-10H,1,5H2. The van der Waals surface area contributed by atoms with Gasteiger partial charge < -0.3 is 4.74 Å². The smallest absolute Gasteiger partial charge is 0.315 e. The summed E-state index contributed by atoms with van der Waals surface area (Å²) in [6.45, 7) is 3.49. The van der Waals surface area contributed by atoms with Crippen molar-refractivity contribution < 1.29 is 9.53 Å². The predicted molar refractivity (Wildman–Crippen MR) is 64.4 cm³/mol. The van der Waals surface area contributed by atoms with Gasteiger partial charge in [-0.3, -0.25) is 4.79 Å². The van der Waals surface area contributed by atoms with Crippen LogP contribution < -0.4 is 4.74 Å². The van der Waals surface area contributed by atoms with Crippen molar-refractivity contribution in [2.75, 3.05) is 0 Å². The van der Waals surface area contributed by atoms with Gasteiger partial charge in [0, 0.05) is 0 Å². The van der Waals surface area contributed by atoms with Crippen molar-refractivity contribution in [3.63, 3.8) is 0 Å². The monoisotopic (exact) mass is 212 g/mol. The zero-order valence-electron chi connectivity index (χ0n) is 8.85. The van der Waals surface area contributed by atoms with E-state index < -0.39 is 0 Å². The number of rotatable bonds is 3. The van der Waals surface area contributed by atoms with Gasteiger partial charge in [-0.15, -0.1) is 6.58 Å². The van der Waals surface area contributed by atoms with Crippen LogP contribution in [0.2, 0.25) is 0 Å². The Morgan fingerprint density at radius 3 is 2.69 bits per heavy atom. The Morgan fingerprint density at radius 1 is 1.19 bits per heavy atom. The SMILES string of the molecule is C=CCC(=O)Oc1ccc2ccccc2c1. The number of carbonyl (C=O) groups excluding carboxylic acids is 1. The minimum absolute atomic E-state index is 0.229. The largest absolute Gasteiger partial charge is 0.426 e. The number of benzene rings is 2. The molecule has 0 atom stereocenters. The highest BCUT2D eigenvalue weighted by atomic mass is 16.5. The minimum Gasteiger partial charge on any atom is -0.426 e. The van der Waals surface area contributed by atoms with Crippen molar-refractivity contribution in [1.82, 2.24) is 0 Å². The Bertz CT molecular complexity index is 529. The fraction of sp³-hybridized carbons (Fsp3) is 0.0714. The van der Waals surface area contributed by atoms with Gasteiger partial charge in [-0.1, -0.05) is 36.4 Å². The first-order chi connectivity index (χ1) is 7.79. The summed E-state index contributed by atoms with van der Waals surface area (Å²) in [5.41, 5.74) is 0. The average molecular weight is 212 g/mol. The number of hydrogen-bond donors (Lipinski definition) is 0. The molecule has 0 aliphatic heterocycles. The van der Waals surface area contributed by atoms with E-state index >= 15 is 0 Å². The van der Waals surface area contributed by atoms with E-state index in [1.165, 1.54) is 6.08 Å². The third-order valence-electron chi connectivity index (χ3n) is 2.26. The van der Waals surface area contributed by atoms with Gasteiger partial charge in [0.2, 0.25) is 0 Å². The highest BCUT2D eigenvalue weighted by Gasteiger charge is 2.02. The molecule has 0 aliphatic rings. The van der Waals surface area contributed by atoms with Crippen molar-refractivity contribution >= 4 is 16.7 Å². The van der Waals surface area contributed by atoms with Gasteiger partial charge in [-0.05, 0) is 22.9 Å². The maximum atomic E-state index is 11.3. The molecule has 2 aromatic rings. The molecule has 2 nitrogen and oxygen atoms in total. The summed E-state index contributed by atoms with van der Waals surface area (Å²) in [7, 11) is 0. The maximum absolute atomic E-state index is 11.3. The number of hydrogen-bond acceptors (Lipinski definition) is 2. The first-order valence-electron chi connectivity index (χ1n) is 5.10. The van der Waals surface area contributed by atoms with Gasteiger partial charge in [0.1, 0.15) is 5.75 Å². The molecule has 0 aliphatic carbocycles. The third-order valence-corrected chi connectivity index (χ3v) is 2.26. The van der Waals surface area contributed by atoms with Gasteiger partial charge in [-0.2, -0.15) is 0 Å². The highest BCUT2D eigenvalue weighted by molar-refractivity contribution is 5.84. The van der Waals surface area contributed by atoms with Crippen LogP contribution in [0.4, 0.5) is 0 Å². The fourth-order valence-electron chi connectivity index (χ4n) is 1.52. The van der Waals surface area contributed by atoms with Gasteiger partial charge in [-0.25, -0.2) is 0 Å². The predicted octanol–water partition coefficient (Wildman–Crippen LogP) is 3.32. The zero-order chi connectivity index (χ0) is 11.4. The van der Waals surface area contributed by atoms with Crippen LogP contribution >= 0.6 is 0 Å². The molecule has 0 spiro atoms. The van der Waals surface area contributed by atoms with Crippen LogP contribution in [0.1, 0.15) is 6.42 Å². The summed E-state index contributed by atoms with van der Waals surface area (Å²) in [5.74, 6) is 0.288. The summed E-state index contributed by atoms with van der Waals surface area (Å²) in [6.07, 6.45) is 1.76. The second-order valence-electron chi connectivity index (χ2n) is 3.48. The quantitative estimate of drug-likeness (QED) is 0.443. The van der Waals surface area contributed by atoms with E-state index in [9.17, 15) is 4.79 Å². The van der Waals surface area contributed by atoms with Crippen LogP contribution in [0.5, 0.6) is 5.75 Å². The molecule has 2 heteroatoms. The Labute approximate surface area is 94.2 Å². The Hall–Kier alpha value is -2.09. The van der Waals surface area contributed by atoms with Gasteiger partial charge in [0.05, 0.1) is 6.42 Å². The molecule has 2 aromatic carbocycles. The number of carbonyl (C=O) groups is 1. The van der Waals surface area contributed by atoms with Crippen LogP contribution in [-0.2, 0) is 4.79 Å². The first-order valence-corrected chi connectivity index (χ1v) is 5.10. The number of ether oxygens (including phenoxy) is 1. The Kier molecular flexibility index (Phi) is 3.01. The van der Waals surface area contributed by atoms with E-state index in [1.807, 2.05) is 36.4 Å². The van der Waals surface area contributed by atoms with Crippen molar-refractivity contribution in [1.29, 1.82) is 0 Å². The molecule has 0 saturated carbocycles. The van der Waals surface area contributed by atoms with Crippen molar-refractivity contribution in [3.05, 3.63) is 55.1 Å². The molecule has 0 saturated heterocycles. The van der Waals surface area contributed by atoms with Crippen LogP contribution in [0.3, 0.4) is 0 Å². The Morgan fingerprint density at radius 2 is 1.94 bits per heavy atom. The van der Waals surface area contributed by atoms with E-state index in [0.29, 0.717) is 5.75 Å². The molecule has 0 bridgehead atoms. The molecule has 0 amide bonds. The fourth-order valence-corrected chi connectivity index (χ4v) is 1.52. The molecule has 0 aromatic heterocycles. The molecule has 80 valence electrons. The van der Waals surface area contributed by atoms with Crippen LogP contribution in [0.25, 0.3) is 10.8 Å². The molecular weight excluding hydrogens is 200 g/mol. The molecular formula is C14H12O2. The van der Waals surface area contributed by atoms with Crippen LogP contribution in [-0.4, -0.2) is 5.97 Å². The molecule has 0 fully saturated rings. The molecule has 2 rings (SSSR count). The lowest BCUT2D eigenvalue weighted by Gasteiger charge is -2.04. The van der Waals surface area contributed by atoms with Crippen LogP contribution in [0, 0.1) is 0 Å². The summed E-state index contributed by atoms with van der Waals surface area (Å²) in [4.78, 5) is 11.3. The van der Waals surface area contributed by atoms with Gasteiger partial charge >= 0.3 is 5.97 Å². The first kappa shape index (κ1) is 10.4. The lowest BCUT2D eigenvalue weighted by molar-refractivity contribution is -0.133. The highest BCUT2D eigenvalue weighted by Crippen LogP contribution is 2.20. The number of esters is 1. The third kappa shape index (κ3) is 2.28. The molecule has 0 unspecified atom stereocenters. The van der Waals surface area contributed by atoms with E-state index in [-0.39, 0.29) is 12.4 Å². The Balaban J connectivity index is 2.25. The molecule has 16 heavy (non-hydrogen) atoms. The summed E-state index contributed by atoms with van der Waals surface area (Å²) in [6, 6.07) is 13.5. The minimum atomic E-state index is -0.287. The summed E-state index contributed by atoms with van der Waals surface area (Å²) < 4.78 is 5.15. The second-order valence-corrected chi connectivity index (χ2v) is 3.48. The summed E-state index contributed by atoms with van der Waals surface area (Å²) in [5, 5.41) is 2.19. The topological polar surface area (TPSA) is 26.3 Å². The molecule has 0 heterocycles. The van der Waals surface area contributed by atoms with Crippen molar-refractivity contribution in [3.8, 4) is 5.75 Å². The van der Waals surface area contributed by atoms with E-state index in [1.54, 1.807) is 6.07 Å². The lowest BCUT2D eigenvalue weighted by atomic mass is 10.1. The summed E-state index contributed by atoms with van der Waals surface area (Å²) >= 11 is 0. The van der Waals surface area contributed by atoms with E-state index in [2.05, 4.69) is 6.58 Å². The maximum Gasteiger partial charge on any atom is 0.315 e. The van der Waals surface area contributed by atoms with E-state index in [4.69, 9.17) is 4.74 Å². The molecule has 0 N–H and O–H groups in total. The normalized spacial score (nSPS) is 10.0. The van der Waals surface area contributed by atoms with Gasteiger partial charge in [0.15, 0.2) is 0 Å². The van der Waals surface area contributed by atoms with Gasteiger partial charge in [0.25, 0.3) is 0 Å². The lowest BCUT2D eigenvalue weighted by Crippen LogP contribution is -2.05. The van der Waals surface area contributed by atoms with E-state index in [0.717, 1.165) is 10.8 Å². The van der Waals surface area contributed by atoms with Crippen molar-refractivity contribution in [2.24, 2.45) is 0 Å².